The average Bonchev–Trinajstić information content (AvgIpc) is 2.90. The van der Waals surface area contributed by atoms with Crippen LogP contribution in [0.5, 0.6) is 5.75 Å². The van der Waals surface area contributed by atoms with Crippen LogP contribution in [-0.2, 0) is 13.2 Å². The fourth-order valence-electron chi connectivity index (χ4n) is 1.77. The van der Waals surface area contributed by atoms with Gasteiger partial charge in [-0.1, -0.05) is 30.1 Å². The van der Waals surface area contributed by atoms with Gasteiger partial charge in [0.05, 0.1) is 16.3 Å². The van der Waals surface area contributed by atoms with Crippen molar-refractivity contribution >= 4 is 39.1 Å². The van der Waals surface area contributed by atoms with Crippen LogP contribution < -0.4 is 10.1 Å². The largest absolute Gasteiger partial charge is 0.484 e. The van der Waals surface area contributed by atoms with Gasteiger partial charge in [0.1, 0.15) is 18.1 Å². The van der Waals surface area contributed by atoms with Crippen LogP contribution in [0.4, 0.5) is 0 Å². The molecule has 1 N–H and O–H groups in total. The van der Waals surface area contributed by atoms with Gasteiger partial charge in [0.2, 0.25) is 0 Å². The summed E-state index contributed by atoms with van der Waals surface area (Å²) in [5.41, 5.74) is 1.10. The van der Waals surface area contributed by atoms with E-state index < -0.39 is 0 Å². The lowest BCUT2D eigenvalue weighted by atomic mass is 10.3. The number of rotatable bonds is 7. The van der Waals surface area contributed by atoms with E-state index in [-0.39, 0.29) is 0 Å². The van der Waals surface area contributed by atoms with Crippen LogP contribution in [-0.4, -0.2) is 6.54 Å². The lowest BCUT2D eigenvalue weighted by molar-refractivity contribution is 0.270. The van der Waals surface area contributed by atoms with Gasteiger partial charge in [-0.15, -0.1) is 0 Å². The predicted octanol–water partition coefficient (Wildman–Crippen LogP) is 5.43. The lowest BCUT2D eigenvalue weighted by Crippen LogP contribution is -2.13. The van der Waals surface area contributed by atoms with Crippen molar-refractivity contribution in [3.8, 4) is 5.75 Å². The Labute approximate surface area is 142 Å². The normalized spacial score (nSPS) is 10.9. The zero-order chi connectivity index (χ0) is 15.2. The van der Waals surface area contributed by atoms with Gasteiger partial charge in [-0.2, -0.15) is 0 Å². The minimum Gasteiger partial charge on any atom is -0.484 e. The number of ether oxygens (including phenoxy) is 1. The third-order valence-electron chi connectivity index (χ3n) is 2.81. The average molecular weight is 393 g/mol. The van der Waals surface area contributed by atoms with Crippen LogP contribution in [0.25, 0.3) is 0 Å². The zero-order valence-corrected chi connectivity index (χ0v) is 14.7. The Morgan fingerprint density at radius 1 is 1.24 bits per heavy atom. The fourth-order valence-corrected chi connectivity index (χ4v) is 2.61. The van der Waals surface area contributed by atoms with E-state index in [0.717, 1.165) is 35.3 Å². The zero-order valence-electron chi connectivity index (χ0n) is 11.6. The molecule has 0 aliphatic carbocycles. The van der Waals surface area contributed by atoms with Crippen molar-refractivity contribution in [3.63, 3.8) is 0 Å². The molecule has 0 radical (unpaired) electrons. The Morgan fingerprint density at radius 2 is 2.05 bits per heavy atom. The molecule has 0 atom stereocenters. The third-order valence-corrected chi connectivity index (χ3v) is 4.30. The maximum atomic E-state index is 6.10. The maximum Gasteiger partial charge on any atom is 0.146 e. The molecule has 0 bridgehead atoms. The van der Waals surface area contributed by atoms with E-state index in [1.54, 1.807) is 18.4 Å². The number of nitrogens with one attached hydrogen (secondary N) is 1. The van der Waals surface area contributed by atoms with Crippen LogP contribution >= 0.6 is 39.1 Å². The summed E-state index contributed by atoms with van der Waals surface area (Å²) in [5.74, 6) is 1.28. The third kappa shape index (κ3) is 4.92. The molecule has 2 aromatic rings. The summed E-state index contributed by atoms with van der Waals surface area (Å²) in [4.78, 5) is 0. The summed E-state index contributed by atoms with van der Waals surface area (Å²) in [5, 5.41) is 4.37. The molecule has 0 amide bonds. The molecule has 2 rings (SSSR count). The molecule has 0 saturated heterocycles. The fraction of sp³-hybridized carbons (Fsp3) is 0.333. The maximum absolute atomic E-state index is 6.10. The molecule has 21 heavy (non-hydrogen) atoms. The van der Waals surface area contributed by atoms with Gasteiger partial charge >= 0.3 is 0 Å². The standard InChI is InChI=1S/C15H16BrCl2NO2/c1-2-3-19-7-10-4-11(20-8-10)9-21-15-6-13(17)12(16)5-14(15)18/h4-6,8,19H,2-3,7,9H2,1H3. The number of furan rings is 1. The van der Waals surface area contributed by atoms with Gasteiger partial charge in [0, 0.05) is 22.6 Å². The Hall–Kier alpha value is -0.680. The number of halogens is 3. The lowest BCUT2D eigenvalue weighted by Gasteiger charge is -2.07. The second-order valence-electron chi connectivity index (χ2n) is 4.58. The molecule has 0 fully saturated rings. The monoisotopic (exact) mass is 391 g/mol. The first-order chi connectivity index (χ1) is 10.1. The number of hydrogen-bond donors (Lipinski definition) is 1. The molecule has 3 nitrogen and oxygen atoms in total. The second-order valence-corrected chi connectivity index (χ2v) is 6.25. The van der Waals surface area contributed by atoms with Crippen molar-refractivity contribution in [1.29, 1.82) is 0 Å². The first-order valence-electron chi connectivity index (χ1n) is 6.64. The first kappa shape index (κ1) is 16.7. The highest BCUT2D eigenvalue weighted by Gasteiger charge is 2.08. The van der Waals surface area contributed by atoms with Gasteiger partial charge in [-0.05, 0) is 41.0 Å². The SMILES string of the molecule is CCCNCc1coc(COc2cc(Cl)c(Br)cc2Cl)c1. The highest BCUT2D eigenvalue weighted by Crippen LogP contribution is 2.34. The van der Waals surface area contributed by atoms with E-state index in [0.29, 0.717) is 22.4 Å². The van der Waals surface area contributed by atoms with Gasteiger partial charge in [0.15, 0.2) is 0 Å². The van der Waals surface area contributed by atoms with Crippen LogP contribution in [0.3, 0.4) is 0 Å². The Balaban J connectivity index is 1.92. The molecular formula is C15H16BrCl2NO2. The van der Waals surface area contributed by atoms with Crippen molar-refractivity contribution in [2.75, 3.05) is 6.54 Å². The molecule has 0 saturated carbocycles. The van der Waals surface area contributed by atoms with Crippen LogP contribution in [0.2, 0.25) is 10.0 Å². The summed E-state index contributed by atoms with van der Waals surface area (Å²) < 4.78 is 11.8. The summed E-state index contributed by atoms with van der Waals surface area (Å²) >= 11 is 15.4. The van der Waals surface area contributed by atoms with E-state index in [9.17, 15) is 0 Å². The minimum atomic E-state index is 0.311. The molecule has 0 spiro atoms. The molecule has 114 valence electrons. The van der Waals surface area contributed by atoms with E-state index in [1.165, 1.54) is 0 Å². The predicted molar refractivity (Wildman–Crippen MR) is 89.2 cm³/mol. The highest BCUT2D eigenvalue weighted by atomic mass is 79.9. The Bertz CT molecular complexity index is 601. The number of benzene rings is 1. The van der Waals surface area contributed by atoms with Gasteiger partial charge in [-0.3, -0.25) is 0 Å². The summed E-state index contributed by atoms with van der Waals surface area (Å²) in [6.45, 7) is 4.23. The van der Waals surface area contributed by atoms with Crippen molar-refractivity contribution < 1.29 is 9.15 Å². The molecule has 6 heteroatoms. The molecular weight excluding hydrogens is 377 g/mol. The molecule has 0 unspecified atom stereocenters. The first-order valence-corrected chi connectivity index (χ1v) is 8.19. The van der Waals surface area contributed by atoms with E-state index >= 15 is 0 Å². The Morgan fingerprint density at radius 3 is 2.81 bits per heavy atom. The molecule has 1 aromatic heterocycles. The molecule has 1 aromatic carbocycles. The van der Waals surface area contributed by atoms with Gasteiger partial charge in [-0.25, -0.2) is 0 Å². The quantitative estimate of drug-likeness (QED) is 0.504. The van der Waals surface area contributed by atoms with Crippen molar-refractivity contribution in [2.24, 2.45) is 0 Å². The van der Waals surface area contributed by atoms with Gasteiger partial charge in [0.25, 0.3) is 0 Å². The minimum absolute atomic E-state index is 0.311. The Kier molecular flexibility index (Phi) is 6.42. The molecule has 1 heterocycles. The van der Waals surface area contributed by atoms with Crippen molar-refractivity contribution in [3.05, 3.63) is 50.3 Å². The van der Waals surface area contributed by atoms with Crippen LogP contribution in [0.1, 0.15) is 24.7 Å². The molecule has 0 aliphatic heterocycles. The van der Waals surface area contributed by atoms with Crippen molar-refractivity contribution in [2.45, 2.75) is 26.5 Å². The summed E-state index contributed by atoms with van der Waals surface area (Å²) in [7, 11) is 0. The summed E-state index contributed by atoms with van der Waals surface area (Å²) in [6.07, 6.45) is 2.84. The van der Waals surface area contributed by atoms with Crippen LogP contribution in [0, 0.1) is 0 Å². The highest BCUT2D eigenvalue weighted by molar-refractivity contribution is 9.10. The topological polar surface area (TPSA) is 34.4 Å². The van der Waals surface area contributed by atoms with E-state index in [4.69, 9.17) is 32.4 Å². The van der Waals surface area contributed by atoms with E-state index in [1.807, 2.05) is 6.07 Å². The second kappa shape index (κ2) is 8.08. The van der Waals surface area contributed by atoms with Gasteiger partial charge < -0.3 is 14.5 Å². The van der Waals surface area contributed by atoms with Crippen LogP contribution in [0.15, 0.2) is 33.4 Å². The van der Waals surface area contributed by atoms with Crippen molar-refractivity contribution in [1.82, 2.24) is 5.32 Å². The smallest absolute Gasteiger partial charge is 0.146 e. The number of hydrogen-bond acceptors (Lipinski definition) is 3. The summed E-state index contributed by atoms with van der Waals surface area (Å²) in [6, 6.07) is 5.36. The molecule has 0 aliphatic rings. The van der Waals surface area contributed by atoms with E-state index in [2.05, 4.69) is 28.2 Å².